The molecule has 0 spiro atoms. The number of aromatic carboxylic acids is 1. The van der Waals surface area contributed by atoms with E-state index in [-0.39, 0.29) is 5.56 Å². The number of ether oxygens (including phenoxy) is 1. The largest absolute Gasteiger partial charge is 0.478 e. The van der Waals surface area contributed by atoms with Crippen LogP contribution in [0.2, 0.25) is 0 Å². The highest BCUT2D eigenvalue weighted by Gasteiger charge is 2.13. The number of nitrogens with zero attached hydrogens (tertiary/aromatic N) is 3. The van der Waals surface area contributed by atoms with Crippen LogP contribution < -0.4 is 4.74 Å². The highest BCUT2D eigenvalue weighted by atomic mass is 16.5. The van der Waals surface area contributed by atoms with Crippen molar-refractivity contribution < 1.29 is 14.6 Å². The van der Waals surface area contributed by atoms with E-state index in [2.05, 4.69) is 16.0 Å². The number of carbonyl (C=O) groups is 1. The molecule has 6 heteroatoms. The molecule has 1 aromatic heterocycles. The zero-order valence-corrected chi connectivity index (χ0v) is 15.6. The van der Waals surface area contributed by atoms with Crippen LogP contribution in [-0.2, 0) is 13.0 Å². The first-order chi connectivity index (χ1) is 13.6. The third kappa shape index (κ3) is 4.38. The Bertz CT molecular complexity index is 1000. The topological polar surface area (TPSA) is 77.2 Å². The fourth-order valence-electron chi connectivity index (χ4n) is 2.93. The number of benzene rings is 2. The van der Waals surface area contributed by atoms with Crippen LogP contribution in [0.1, 0.15) is 35.1 Å². The Hall–Kier alpha value is -3.59. The van der Waals surface area contributed by atoms with E-state index in [1.165, 1.54) is 0 Å². The van der Waals surface area contributed by atoms with Crippen LogP contribution in [0.4, 0.5) is 0 Å². The van der Waals surface area contributed by atoms with E-state index in [4.69, 9.17) is 11.2 Å². The summed E-state index contributed by atoms with van der Waals surface area (Å²) < 4.78 is 7.18. The predicted octanol–water partition coefficient (Wildman–Crippen LogP) is 3.66. The van der Waals surface area contributed by atoms with E-state index in [1.807, 2.05) is 43.3 Å². The summed E-state index contributed by atoms with van der Waals surface area (Å²) in [6.07, 6.45) is 6.50. The van der Waals surface area contributed by atoms with Crippen molar-refractivity contribution in [3.63, 3.8) is 0 Å². The van der Waals surface area contributed by atoms with Crippen molar-refractivity contribution >= 4 is 5.97 Å². The average Bonchev–Trinajstić information content (AvgIpc) is 3.08. The second-order valence-corrected chi connectivity index (χ2v) is 6.15. The maximum Gasteiger partial charge on any atom is 0.336 e. The van der Waals surface area contributed by atoms with Gasteiger partial charge in [0, 0.05) is 12.8 Å². The summed E-state index contributed by atoms with van der Waals surface area (Å²) >= 11 is 0. The lowest BCUT2D eigenvalue weighted by molar-refractivity contribution is 0.0697. The van der Waals surface area contributed by atoms with Crippen molar-refractivity contribution in [3.05, 3.63) is 65.5 Å². The van der Waals surface area contributed by atoms with Crippen molar-refractivity contribution in [2.45, 2.75) is 26.3 Å². The predicted molar refractivity (Wildman–Crippen MR) is 106 cm³/mol. The molecule has 3 rings (SSSR count). The molecule has 6 nitrogen and oxygen atoms in total. The van der Waals surface area contributed by atoms with Gasteiger partial charge in [0.25, 0.3) is 0 Å². The fraction of sp³-hybridized carbons (Fsp3) is 0.227. The van der Waals surface area contributed by atoms with Gasteiger partial charge < -0.3 is 9.84 Å². The summed E-state index contributed by atoms with van der Waals surface area (Å²) in [6.45, 7) is 2.96. The number of hydrogen-bond acceptors (Lipinski definition) is 4. The molecule has 0 atom stereocenters. The molecular weight excluding hydrogens is 354 g/mol. The van der Waals surface area contributed by atoms with Gasteiger partial charge in [0.1, 0.15) is 5.82 Å². The van der Waals surface area contributed by atoms with Gasteiger partial charge in [-0.1, -0.05) is 42.5 Å². The number of hydrogen-bond donors (Lipinski definition) is 1. The van der Waals surface area contributed by atoms with Crippen molar-refractivity contribution in [2.24, 2.45) is 0 Å². The quantitative estimate of drug-likeness (QED) is 0.608. The van der Waals surface area contributed by atoms with Gasteiger partial charge in [-0.3, -0.25) is 0 Å². The first kappa shape index (κ1) is 19.2. The van der Waals surface area contributed by atoms with Gasteiger partial charge in [-0.15, -0.1) is 17.4 Å². The number of terminal acetylenes is 1. The van der Waals surface area contributed by atoms with Crippen molar-refractivity contribution in [1.29, 1.82) is 0 Å². The molecule has 0 aliphatic carbocycles. The lowest BCUT2D eigenvalue weighted by atomic mass is 9.98. The number of carboxylic acid groups (broad SMARTS) is 1. The molecule has 1 N–H and O–H groups in total. The molecule has 0 unspecified atom stereocenters. The molecular formula is C22H21N3O3. The van der Waals surface area contributed by atoms with Gasteiger partial charge in [-0.25, -0.2) is 9.48 Å². The lowest BCUT2D eigenvalue weighted by Crippen LogP contribution is -2.06. The normalized spacial score (nSPS) is 10.4. The van der Waals surface area contributed by atoms with Gasteiger partial charge in [-0.05, 0) is 29.7 Å². The van der Waals surface area contributed by atoms with Gasteiger partial charge in [0.2, 0.25) is 0 Å². The second kappa shape index (κ2) is 8.87. The molecule has 142 valence electrons. The van der Waals surface area contributed by atoms with E-state index >= 15 is 0 Å². The van der Waals surface area contributed by atoms with Crippen molar-refractivity contribution in [2.75, 3.05) is 6.61 Å². The Balaban J connectivity index is 1.83. The maximum atomic E-state index is 11.4. The molecule has 0 aliphatic rings. The summed E-state index contributed by atoms with van der Waals surface area (Å²) in [5.41, 5.74) is 2.86. The smallest absolute Gasteiger partial charge is 0.336 e. The zero-order chi connectivity index (χ0) is 19.9. The van der Waals surface area contributed by atoms with Crippen LogP contribution in [0.3, 0.4) is 0 Å². The molecule has 0 amide bonds. The Kier molecular flexibility index (Phi) is 6.07. The first-order valence-electron chi connectivity index (χ1n) is 9.04. The molecule has 0 saturated heterocycles. The first-order valence-corrected chi connectivity index (χ1v) is 9.04. The Morgan fingerprint density at radius 1 is 1.21 bits per heavy atom. The maximum absolute atomic E-state index is 11.4. The molecule has 0 fully saturated rings. The van der Waals surface area contributed by atoms with Gasteiger partial charge in [-0.2, -0.15) is 4.98 Å². The van der Waals surface area contributed by atoms with E-state index in [1.54, 1.807) is 16.8 Å². The van der Waals surface area contributed by atoms with Crippen LogP contribution >= 0.6 is 0 Å². The molecule has 0 saturated carbocycles. The van der Waals surface area contributed by atoms with Crippen LogP contribution in [-0.4, -0.2) is 32.4 Å². The van der Waals surface area contributed by atoms with Gasteiger partial charge >= 0.3 is 12.0 Å². The molecule has 1 heterocycles. The van der Waals surface area contributed by atoms with E-state index in [0.29, 0.717) is 37.6 Å². The summed E-state index contributed by atoms with van der Waals surface area (Å²) in [5.74, 6) is 2.45. The number of aromatic nitrogens is 3. The highest BCUT2D eigenvalue weighted by molar-refractivity contribution is 5.95. The van der Waals surface area contributed by atoms with E-state index in [0.717, 1.165) is 17.0 Å². The minimum atomic E-state index is -0.940. The molecule has 2 aromatic carbocycles. The number of aryl methyl sites for hydroxylation is 1. The highest BCUT2D eigenvalue weighted by Crippen LogP contribution is 2.25. The van der Waals surface area contributed by atoms with Crippen LogP contribution in [0.15, 0.2) is 48.5 Å². The summed E-state index contributed by atoms with van der Waals surface area (Å²) in [5, 5.41) is 13.7. The summed E-state index contributed by atoms with van der Waals surface area (Å²) in [6, 6.07) is 15.1. The van der Waals surface area contributed by atoms with Crippen molar-refractivity contribution in [1.82, 2.24) is 14.8 Å². The second-order valence-electron chi connectivity index (χ2n) is 6.15. The van der Waals surface area contributed by atoms with Gasteiger partial charge in [0.05, 0.1) is 18.7 Å². The van der Waals surface area contributed by atoms with Crippen LogP contribution in [0.5, 0.6) is 6.01 Å². The minimum absolute atomic E-state index is 0.283. The molecule has 3 aromatic rings. The Morgan fingerprint density at radius 2 is 1.96 bits per heavy atom. The Labute approximate surface area is 163 Å². The number of carboxylic acids is 1. The van der Waals surface area contributed by atoms with Gasteiger partial charge in [0.15, 0.2) is 0 Å². The zero-order valence-electron chi connectivity index (χ0n) is 15.6. The molecule has 0 radical (unpaired) electrons. The molecule has 0 bridgehead atoms. The minimum Gasteiger partial charge on any atom is -0.478 e. The van der Waals surface area contributed by atoms with E-state index < -0.39 is 5.97 Å². The molecule has 28 heavy (non-hydrogen) atoms. The summed E-state index contributed by atoms with van der Waals surface area (Å²) in [7, 11) is 0. The third-order valence-corrected chi connectivity index (χ3v) is 4.25. The Morgan fingerprint density at radius 3 is 2.64 bits per heavy atom. The average molecular weight is 375 g/mol. The van der Waals surface area contributed by atoms with Crippen molar-refractivity contribution in [3.8, 4) is 29.5 Å². The van der Waals surface area contributed by atoms with E-state index in [9.17, 15) is 9.90 Å². The third-order valence-electron chi connectivity index (χ3n) is 4.25. The summed E-state index contributed by atoms with van der Waals surface area (Å²) in [4.78, 5) is 15.9. The number of rotatable bonds is 8. The monoisotopic (exact) mass is 375 g/mol. The lowest BCUT2D eigenvalue weighted by Gasteiger charge is -2.08. The SMILES string of the molecule is C#CCCn1nc(OCC)nc1Cc1ccc(-c2ccccc2C(=O)O)cc1. The van der Waals surface area contributed by atoms with Crippen LogP contribution in [0.25, 0.3) is 11.1 Å². The fourth-order valence-corrected chi connectivity index (χ4v) is 2.93. The standard InChI is InChI=1S/C22H21N3O3/c1-3-5-14-25-20(23-22(24-25)28-4-2)15-16-10-12-17(13-11-16)18-8-6-7-9-19(18)21(26)27/h1,6-13H,4-5,14-15H2,2H3,(H,26,27). The molecule has 0 aliphatic heterocycles. The van der Waals surface area contributed by atoms with Crippen LogP contribution in [0, 0.1) is 12.3 Å².